The predicted molar refractivity (Wildman–Crippen MR) is 108 cm³/mol. The maximum Gasteiger partial charge on any atom is 0.397 e. The highest BCUT2D eigenvalue weighted by Crippen LogP contribution is 2.32. The second-order valence-electron chi connectivity index (χ2n) is 5.94. The summed E-state index contributed by atoms with van der Waals surface area (Å²) < 4.78 is 52.8. The summed E-state index contributed by atoms with van der Waals surface area (Å²) in [6.45, 7) is 1.86. The molecule has 1 aliphatic carbocycles. The number of benzene rings is 1. The van der Waals surface area contributed by atoms with E-state index < -0.39 is 32.8 Å². The van der Waals surface area contributed by atoms with E-state index in [4.69, 9.17) is 14.0 Å². The Kier molecular flexibility index (Phi) is 7.79. The molecule has 0 bridgehead atoms. The summed E-state index contributed by atoms with van der Waals surface area (Å²) in [5, 5.41) is 0.314. The van der Waals surface area contributed by atoms with E-state index in [1.165, 1.54) is 20.3 Å². The van der Waals surface area contributed by atoms with Crippen LogP contribution in [0.15, 0.2) is 58.0 Å². The van der Waals surface area contributed by atoms with Crippen LogP contribution in [0.5, 0.6) is 0 Å². The average molecular weight is 469 g/mol. The number of ketones is 2. The molecule has 0 amide bonds. The standard InChI is InChI=1S/C18H15NO5S.CH4O4S/c1-10-7-8-19-13(9-10)25(22)12-6-4-5-11-14(12)16(21)18(24-3)17(23-2)15(11)20;1-5-6(2,3)4/h4-9H,1-3H3;1H3,(H,2,3,4). The molecule has 0 saturated carbocycles. The summed E-state index contributed by atoms with van der Waals surface area (Å²) >= 11 is 0. The van der Waals surface area contributed by atoms with Gasteiger partial charge in [0.05, 0.1) is 31.8 Å². The van der Waals surface area contributed by atoms with Gasteiger partial charge in [-0.05, 0) is 30.7 Å². The molecule has 1 N–H and O–H groups in total. The van der Waals surface area contributed by atoms with Crippen molar-refractivity contribution in [3.63, 3.8) is 0 Å². The SMILES string of the molecule is COC1=C(OC)C(=O)c2c(cccc2S(=O)c2cc(C)ccn2)C1=O.COS(=O)(=O)O. The van der Waals surface area contributed by atoms with E-state index in [2.05, 4.69) is 9.17 Å². The molecule has 166 valence electrons. The van der Waals surface area contributed by atoms with E-state index in [1.54, 1.807) is 30.5 Å². The smallest absolute Gasteiger partial charge is 0.397 e. The molecule has 0 spiro atoms. The highest BCUT2D eigenvalue weighted by atomic mass is 32.3. The van der Waals surface area contributed by atoms with Crippen LogP contribution < -0.4 is 0 Å². The molecule has 0 fully saturated rings. The number of carbonyl (C=O) groups excluding carboxylic acids is 2. The highest BCUT2D eigenvalue weighted by Gasteiger charge is 2.37. The van der Waals surface area contributed by atoms with Gasteiger partial charge in [-0.15, -0.1) is 0 Å². The molecule has 1 unspecified atom stereocenters. The van der Waals surface area contributed by atoms with Gasteiger partial charge in [0.1, 0.15) is 15.8 Å². The van der Waals surface area contributed by atoms with E-state index in [0.717, 1.165) is 12.7 Å². The monoisotopic (exact) mass is 469 g/mol. The third-order valence-corrected chi connectivity index (χ3v) is 5.78. The van der Waals surface area contributed by atoms with Gasteiger partial charge in [-0.2, -0.15) is 8.42 Å². The maximum absolute atomic E-state index is 13.0. The van der Waals surface area contributed by atoms with Crippen molar-refractivity contribution in [2.45, 2.75) is 16.8 Å². The van der Waals surface area contributed by atoms with Crippen molar-refractivity contribution in [1.82, 2.24) is 4.98 Å². The van der Waals surface area contributed by atoms with Crippen LogP contribution in [0.1, 0.15) is 26.3 Å². The Labute approximate surface area is 181 Å². The molecule has 0 aliphatic heterocycles. The molecule has 1 heterocycles. The number of aromatic nitrogens is 1. The predicted octanol–water partition coefficient (Wildman–Crippen LogP) is 1.88. The normalized spacial score (nSPS) is 14.4. The third-order valence-electron chi connectivity index (χ3n) is 4.02. The van der Waals surface area contributed by atoms with Crippen molar-refractivity contribution >= 4 is 32.8 Å². The zero-order valence-electron chi connectivity index (χ0n) is 16.9. The van der Waals surface area contributed by atoms with Crippen LogP contribution in [0, 0.1) is 6.92 Å². The maximum atomic E-state index is 13.0. The summed E-state index contributed by atoms with van der Waals surface area (Å²) in [5.74, 6) is -1.37. The Hall–Kier alpha value is -2.93. The van der Waals surface area contributed by atoms with E-state index in [0.29, 0.717) is 5.03 Å². The number of allylic oxidation sites excluding steroid dienone is 2. The van der Waals surface area contributed by atoms with E-state index in [9.17, 15) is 22.2 Å². The third kappa shape index (κ3) is 5.41. The van der Waals surface area contributed by atoms with Gasteiger partial charge < -0.3 is 9.47 Å². The molecular formula is C19H19NO9S2. The zero-order chi connectivity index (χ0) is 23.3. The van der Waals surface area contributed by atoms with Crippen molar-refractivity contribution in [1.29, 1.82) is 0 Å². The second-order valence-corrected chi connectivity index (χ2v) is 8.52. The van der Waals surface area contributed by atoms with E-state index in [1.807, 2.05) is 6.92 Å². The number of hydrogen-bond acceptors (Lipinski definition) is 9. The number of aryl methyl sites for hydroxylation is 1. The first kappa shape index (κ1) is 24.3. The summed E-state index contributed by atoms with van der Waals surface area (Å²) in [7, 11) is -2.43. The summed E-state index contributed by atoms with van der Waals surface area (Å²) in [4.78, 5) is 29.8. The number of ether oxygens (including phenoxy) is 2. The minimum Gasteiger partial charge on any atom is -0.489 e. The van der Waals surface area contributed by atoms with Gasteiger partial charge >= 0.3 is 10.4 Å². The Bertz CT molecular complexity index is 1190. The quantitative estimate of drug-likeness (QED) is 0.644. The lowest BCUT2D eigenvalue weighted by molar-refractivity contribution is 0.0826. The minimum atomic E-state index is -4.16. The molecule has 12 heteroatoms. The second kappa shape index (κ2) is 9.92. The number of pyridine rings is 1. The highest BCUT2D eigenvalue weighted by molar-refractivity contribution is 7.85. The lowest BCUT2D eigenvalue weighted by atomic mass is 9.92. The molecule has 1 aromatic heterocycles. The number of fused-ring (bicyclic) bond motifs is 1. The number of methoxy groups -OCH3 is 2. The van der Waals surface area contributed by atoms with Gasteiger partial charge in [-0.3, -0.25) is 18.3 Å². The first-order valence-electron chi connectivity index (χ1n) is 8.47. The first-order chi connectivity index (χ1) is 14.6. The van der Waals surface area contributed by atoms with Gasteiger partial charge in [0, 0.05) is 11.8 Å². The number of carbonyl (C=O) groups is 2. The summed E-state index contributed by atoms with van der Waals surface area (Å²) in [6, 6.07) is 8.10. The lowest BCUT2D eigenvalue weighted by Gasteiger charge is -2.20. The van der Waals surface area contributed by atoms with Crippen molar-refractivity contribution in [3.05, 3.63) is 64.7 Å². The van der Waals surface area contributed by atoms with Crippen LogP contribution in [-0.2, 0) is 34.9 Å². The Morgan fingerprint density at radius 2 is 1.58 bits per heavy atom. The van der Waals surface area contributed by atoms with E-state index >= 15 is 0 Å². The molecule has 0 radical (unpaired) electrons. The molecule has 1 aromatic carbocycles. The van der Waals surface area contributed by atoms with Gasteiger partial charge in [0.2, 0.25) is 23.1 Å². The molecule has 31 heavy (non-hydrogen) atoms. The van der Waals surface area contributed by atoms with Crippen LogP contribution in [-0.4, -0.2) is 55.1 Å². The minimum absolute atomic E-state index is 0.0618. The Balaban J connectivity index is 0.000000501. The molecule has 0 saturated heterocycles. The van der Waals surface area contributed by atoms with Crippen LogP contribution >= 0.6 is 0 Å². The fourth-order valence-electron chi connectivity index (χ4n) is 2.64. The fourth-order valence-corrected chi connectivity index (χ4v) is 3.91. The van der Waals surface area contributed by atoms with Gasteiger partial charge in [-0.25, -0.2) is 9.19 Å². The topological polar surface area (TPSA) is 146 Å². The number of hydrogen-bond donors (Lipinski definition) is 1. The molecule has 10 nitrogen and oxygen atoms in total. The molecule has 1 atom stereocenters. The average Bonchev–Trinajstić information content (AvgIpc) is 2.74. The summed E-state index contributed by atoms with van der Waals surface area (Å²) in [6.07, 6.45) is 1.55. The van der Waals surface area contributed by atoms with Crippen molar-refractivity contribution in [3.8, 4) is 0 Å². The van der Waals surface area contributed by atoms with Gasteiger partial charge in [0.15, 0.2) is 0 Å². The number of Topliss-reactive ketones (excluding diaryl/α,β-unsaturated/α-hetero) is 2. The van der Waals surface area contributed by atoms with Crippen LogP contribution in [0.4, 0.5) is 0 Å². The lowest BCUT2D eigenvalue weighted by Crippen LogP contribution is -2.25. The number of rotatable bonds is 5. The zero-order valence-corrected chi connectivity index (χ0v) is 18.6. The van der Waals surface area contributed by atoms with Crippen molar-refractivity contribution in [2.75, 3.05) is 21.3 Å². The van der Waals surface area contributed by atoms with Crippen LogP contribution in [0.3, 0.4) is 0 Å². The Morgan fingerprint density at radius 3 is 2.10 bits per heavy atom. The largest absolute Gasteiger partial charge is 0.489 e. The molecule has 3 rings (SSSR count). The molecule has 1 aliphatic rings. The van der Waals surface area contributed by atoms with E-state index in [-0.39, 0.29) is 27.5 Å². The van der Waals surface area contributed by atoms with Gasteiger partial charge in [-0.1, -0.05) is 12.1 Å². The van der Waals surface area contributed by atoms with Crippen LogP contribution in [0.2, 0.25) is 0 Å². The van der Waals surface area contributed by atoms with Crippen LogP contribution in [0.25, 0.3) is 0 Å². The fraction of sp³-hybridized carbons (Fsp3) is 0.211. The first-order valence-corrected chi connectivity index (χ1v) is 11.0. The molecule has 2 aromatic rings. The van der Waals surface area contributed by atoms with Gasteiger partial charge in [0.25, 0.3) is 0 Å². The van der Waals surface area contributed by atoms with Crippen molar-refractivity contribution in [2.24, 2.45) is 0 Å². The number of nitrogens with zero attached hydrogens (tertiary/aromatic N) is 1. The molecular weight excluding hydrogens is 450 g/mol. The Morgan fingerprint density at radius 1 is 1.00 bits per heavy atom. The van der Waals surface area contributed by atoms with Crippen molar-refractivity contribution < 1.29 is 40.4 Å². The summed E-state index contributed by atoms with van der Waals surface area (Å²) in [5.41, 5.74) is 1.10.